The van der Waals surface area contributed by atoms with Gasteiger partial charge in [0.2, 0.25) is 0 Å². The van der Waals surface area contributed by atoms with E-state index in [1.807, 2.05) is 0 Å². The molecule has 3 aromatic carbocycles. The number of fused-ring (bicyclic) bond motifs is 1. The smallest absolute Gasteiger partial charge is 0.327 e. The van der Waals surface area contributed by atoms with Crippen LogP contribution in [0.4, 0.5) is 21.0 Å². The third-order valence-electron chi connectivity index (χ3n) is 5.08. The van der Waals surface area contributed by atoms with E-state index in [0.717, 1.165) is 0 Å². The van der Waals surface area contributed by atoms with Crippen LogP contribution in [0.1, 0.15) is 0 Å². The van der Waals surface area contributed by atoms with Crippen LogP contribution in [0.5, 0.6) is 28.7 Å². The van der Waals surface area contributed by atoms with Crippen molar-refractivity contribution in [3.63, 3.8) is 0 Å². The molecule has 1 heterocycles. The maximum Gasteiger partial charge on any atom is 0.327 e. The highest BCUT2D eigenvalue weighted by Gasteiger charge is 2.15. The molecule has 0 aliphatic heterocycles. The van der Waals surface area contributed by atoms with E-state index < -0.39 is 12.1 Å². The van der Waals surface area contributed by atoms with Crippen LogP contribution in [0.3, 0.4) is 0 Å². The van der Waals surface area contributed by atoms with E-state index in [0.29, 0.717) is 28.2 Å². The highest BCUT2D eigenvalue weighted by atomic mass is 35.5. The first-order valence-electron chi connectivity index (χ1n) is 10.6. The van der Waals surface area contributed by atoms with Crippen molar-refractivity contribution in [3.05, 3.63) is 70.8 Å². The van der Waals surface area contributed by atoms with Gasteiger partial charge in [0, 0.05) is 23.7 Å². The van der Waals surface area contributed by atoms with Crippen LogP contribution in [0, 0.1) is 0 Å². The van der Waals surface area contributed by atoms with Crippen LogP contribution in [0.15, 0.2) is 60.8 Å². The Morgan fingerprint density at radius 1 is 0.865 bits per heavy atom. The molecule has 0 saturated carbocycles. The lowest BCUT2D eigenvalue weighted by Gasteiger charge is -2.14. The molecule has 4 N–H and O–H groups in total. The largest absolute Gasteiger partial charge is 0.506 e. The van der Waals surface area contributed by atoms with E-state index in [-0.39, 0.29) is 32.9 Å². The molecule has 10 nitrogen and oxygen atoms in total. The van der Waals surface area contributed by atoms with Crippen LogP contribution in [-0.4, -0.2) is 36.4 Å². The van der Waals surface area contributed by atoms with E-state index in [4.69, 9.17) is 37.4 Å². The third kappa shape index (κ3) is 5.88. The van der Waals surface area contributed by atoms with Gasteiger partial charge in [-0.15, -0.1) is 0 Å². The summed E-state index contributed by atoms with van der Waals surface area (Å²) in [5, 5.41) is 18.3. The number of phenols is 1. The standard InChI is InChI=1S/C25H20Cl2N4O6/c1-35-21-11-14-18(12-22(21)36-2)28-9-8-20(14)37-13-6-7-17(19(32)10-13)29-24(33)31-25(34)30-23-15(26)4-3-5-16(23)27/h3-12,32H,1-2H3,(H3,29,30,31,33,34). The van der Waals surface area contributed by atoms with Gasteiger partial charge < -0.3 is 30.0 Å². The maximum absolute atomic E-state index is 12.2. The van der Waals surface area contributed by atoms with Crippen molar-refractivity contribution in [1.82, 2.24) is 10.3 Å². The van der Waals surface area contributed by atoms with Crippen molar-refractivity contribution >= 4 is 57.5 Å². The number of pyridine rings is 1. The van der Waals surface area contributed by atoms with Gasteiger partial charge in [-0.05, 0) is 36.4 Å². The molecular weight excluding hydrogens is 523 g/mol. The molecule has 4 aromatic rings. The molecule has 12 heteroatoms. The summed E-state index contributed by atoms with van der Waals surface area (Å²) in [6, 6.07) is 12.3. The lowest BCUT2D eigenvalue weighted by Crippen LogP contribution is -2.37. The molecule has 0 fully saturated rings. The molecule has 4 amide bonds. The summed E-state index contributed by atoms with van der Waals surface area (Å²) in [5.41, 5.74) is 0.810. The second-order valence-corrected chi connectivity index (χ2v) is 8.26. The average Bonchev–Trinajstić information content (AvgIpc) is 2.87. The van der Waals surface area contributed by atoms with Crippen LogP contribution in [0.2, 0.25) is 10.0 Å². The first-order valence-corrected chi connectivity index (χ1v) is 11.4. The number of rotatable bonds is 6. The van der Waals surface area contributed by atoms with E-state index in [1.54, 1.807) is 30.5 Å². The predicted octanol–water partition coefficient (Wildman–Crippen LogP) is 6.41. The van der Waals surface area contributed by atoms with Gasteiger partial charge in [0.25, 0.3) is 0 Å². The highest BCUT2D eigenvalue weighted by molar-refractivity contribution is 6.39. The van der Waals surface area contributed by atoms with Crippen molar-refractivity contribution in [2.45, 2.75) is 0 Å². The van der Waals surface area contributed by atoms with Gasteiger partial charge in [-0.1, -0.05) is 29.3 Å². The number of carbonyl (C=O) groups is 2. The number of ether oxygens (including phenoxy) is 3. The summed E-state index contributed by atoms with van der Waals surface area (Å²) in [7, 11) is 3.06. The monoisotopic (exact) mass is 542 g/mol. The second-order valence-electron chi connectivity index (χ2n) is 7.44. The normalized spacial score (nSPS) is 10.5. The first-order chi connectivity index (χ1) is 17.8. The molecule has 0 unspecified atom stereocenters. The third-order valence-corrected chi connectivity index (χ3v) is 5.71. The van der Waals surface area contributed by atoms with Crippen molar-refractivity contribution in [2.75, 3.05) is 24.9 Å². The fourth-order valence-electron chi connectivity index (χ4n) is 3.36. The molecule has 190 valence electrons. The summed E-state index contributed by atoms with van der Waals surface area (Å²) in [5.74, 6) is 1.48. The number of nitrogens with one attached hydrogen (secondary N) is 3. The number of methoxy groups -OCH3 is 2. The Kier molecular flexibility index (Phi) is 7.71. The second kappa shape index (κ2) is 11.1. The number of anilines is 2. The van der Waals surface area contributed by atoms with E-state index in [2.05, 4.69) is 20.9 Å². The number of aromatic hydroxyl groups is 1. The van der Waals surface area contributed by atoms with Gasteiger partial charge in [-0.3, -0.25) is 10.3 Å². The summed E-state index contributed by atoms with van der Waals surface area (Å²) < 4.78 is 16.6. The number of imide groups is 1. The van der Waals surface area contributed by atoms with Gasteiger partial charge >= 0.3 is 12.1 Å². The Hall–Kier alpha value is -4.41. The minimum Gasteiger partial charge on any atom is -0.506 e. The van der Waals surface area contributed by atoms with Crippen LogP contribution in [-0.2, 0) is 0 Å². The molecule has 4 rings (SSSR count). The van der Waals surface area contributed by atoms with Gasteiger partial charge in [0.1, 0.15) is 17.2 Å². The first kappa shape index (κ1) is 25.7. The number of halogens is 2. The van der Waals surface area contributed by atoms with Crippen LogP contribution < -0.4 is 30.2 Å². The average molecular weight is 543 g/mol. The number of hydrogen-bond donors (Lipinski definition) is 4. The fraction of sp³-hybridized carbons (Fsp3) is 0.0800. The van der Waals surface area contributed by atoms with Crippen LogP contribution in [0.25, 0.3) is 10.9 Å². The molecule has 0 aliphatic carbocycles. The minimum atomic E-state index is -0.897. The number of benzene rings is 3. The highest BCUT2D eigenvalue weighted by Crippen LogP contribution is 2.38. The molecule has 0 aliphatic rings. The van der Waals surface area contributed by atoms with Gasteiger partial charge in [-0.2, -0.15) is 0 Å². The van der Waals surface area contributed by atoms with E-state index in [1.165, 1.54) is 44.6 Å². The summed E-state index contributed by atoms with van der Waals surface area (Å²) in [4.78, 5) is 28.7. The predicted molar refractivity (Wildman–Crippen MR) is 141 cm³/mol. The lowest BCUT2D eigenvalue weighted by molar-refractivity contribution is 0.240. The van der Waals surface area contributed by atoms with Gasteiger partial charge in [0.05, 0.1) is 41.2 Å². The number of hydrogen-bond acceptors (Lipinski definition) is 7. The Morgan fingerprint density at radius 3 is 2.22 bits per heavy atom. The van der Waals surface area contributed by atoms with Crippen molar-refractivity contribution in [2.24, 2.45) is 0 Å². The quantitative estimate of drug-likeness (QED) is 0.207. The zero-order valence-corrected chi connectivity index (χ0v) is 21.0. The van der Waals surface area contributed by atoms with Crippen molar-refractivity contribution in [1.29, 1.82) is 0 Å². The minimum absolute atomic E-state index is 0.0411. The fourth-order valence-corrected chi connectivity index (χ4v) is 3.85. The van der Waals surface area contributed by atoms with Gasteiger partial charge in [-0.25, -0.2) is 9.59 Å². The van der Waals surface area contributed by atoms with E-state index in [9.17, 15) is 14.7 Å². The lowest BCUT2D eigenvalue weighted by atomic mass is 10.2. The Labute approximate surface area is 221 Å². The Balaban J connectivity index is 1.45. The van der Waals surface area contributed by atoms with Gasteiger partial charge in [0.15, 0.2) is 11.5 Å². The number of carbonyl (C=O) groups excluding carboxylic acids is 2. The summed E-state index contributed by atoms with van der Waals surface area (Å²) in [6.07, 6.45) is 1.57. The molecule has 0 atom stereocenters. The maximum atomic E-state index is 12.2. The summed E-state index contributed by atoms with van der Waals surface area (Å²) in [6.45, 7) is 0. The number of amides is 4. The molecule has 0 radical (unpaired) electrons. The van der Waals surface area contributed by atoms with Crippen molar-refractivity contribution < 1.29 is 28.9 Å². The van der Waals surface area contributed by atoms with E-state index >= 15 is 0 Å². The molecule has 0 spiro atoms. The number of nitrogens with zero attached hydrogens (tertiary/aromatic N) is 1. The molecule has 1 aromatic heterocycles. The summed E-state index contributed by atoms with van der Waals surface area (Å²) >= 11 is 12.0. The van der Waals surface area contributed by atoms with Crippen LogP contribution >= 0.6 is 23.2 Å². The van der Waals surface area contributed by atoms with Crippen molar-refractivity contribution in [3.8, 4) is 28.7 Å². The molecule has 0 saturated heterocycles. The SMILES string of the molecule is COc1cc2nccc(Oc3ccc(NC(=O)NC(=O)Nc4c(Cl)cccc4Cl)c(O)c3)c2cc1OC. The Morgan fingerprint density at radius 2 is 1.54 bits per heavy atom. The topological polar surface area (TPSA) is 131 Å². The molecule has 0 bridgehead atoms. The number of aromatic nitrogens is 1. The molecular formula is C25H20Cl2N4O6. The number of urea groups is 2. The number of para-hydroxylation sites is 1. The Bertz CT molecular complexity index is 1480. The zero-order valence-electron chi connectivity index (χ0n) is 19.5. The zero-order chi connectivity index (χ0) is 26.5. The molecule has 37 heavy (non-hydrogen) atoms. The number of phenolic OH excluding ortho intramolecular Hbond substituents is 1.